The molecule has 0 aliphatic heterocycles. The molecule has 0 saturated heterocycles. The molecule has 0 fully saturated rings. The molecule has 1 nitrogen and oxygen atoms in total. The van der Waals surface area contributed by atoms with Gasteiger partial charge in [0.05, 0.1) is 0 Å². The average Bonchev–Trinajstić information content (AvgIpc) is 1.68. The van der Waals surface area contributed by atoms with Gasteiger partial charge in [-0.15, -0.1) is 0 Å². The molecule has 0 saturated carbocycles. The maximum Gasteiger partial charge on any atom is 0.127 e. The maximum absolute atomic E-state index is 9.68. The van der Waals surface area contributed by atoms with E-state index in [1.165, 1.54) is 0 Å². The zero-order chi connectivity index (χ0) is 5.70. The highest BCUT2D eigenvalue weighted by Gasteiger charge is 1.72. The average molecular weight is 96.1 g/mol. The first-order valence-electron chi connectivity index (χ1n) is 2.15. The van der Waals surface area contributed by atoms with Crippen molar-refractivity contribution in [2.45, 2.75) is 13.8 Å². The van der Waals surface area contributed by atoms with Crippen LogP contribution in [-0.2, 0) is 4.79 Å². The lowest BCUT2D eigenvalue weighted by molar-refractivity contribution is 0.567. The highest BCUT2D eigenvalue weighted by molar-refractivity contribution is 5.55. The molecule has 0 unspecified atom stereocenters. The van der Waals surface area contributed by atoms with Gasteiger partial charge in [0.15, 0.2) is 0 Å². The predicted molar refractivity (Wildman–Crippen MR) is 29.7 cm³/mol. The SMILES string of the molecule is C/C=C/C(C)=C=O. The van der Waals surface area contributed by atoms with Crippen molar-refractivity contribution in [1.29, 1.82) is 0 Å². The Hall–Kier alpha value is -0.810. The molecule has 38 valence electrons. The minimum Gasteiger partial charge on any atom is -0.233 e. The van der Waals surface area contributed by atoms with E-state index in [2.05, 4.69) is 0 Å². The fourth-order valence-corrected chi connectivity index (χ4v) is 0.284. The number of carbonyl (C=O) groups excluding carboxylic acids is 1. The van der Waals surface area contributed by atoms with E-state index < -0.39 is 0 Å². The van der Waals surface area contributed by atoms with Gasteiger partial charge >= 0.3 is 0 Å². The van der Waals surface area contributed by atoms with Crippen molar-refractivity contribution < 1.29 is 4.79 Å². The number of allylic oxidation sites excluding steroid dienone is 3. The standard InChI is InChI=1S/C6H8O/c1-3-4-6(2)5-7/h3-4H,1-2H3/b4-3+. The van der Waals surface area contributed by atoms with E-state index in [1.807, 2.05) is 6.92 Å². The van der Waals surface area contributed by atoms with Gasteiger partial charge in [0.2, 0.25) is 0 Å². The number of hydrogen-bond donors (Lipinski definition) is 0. The predicted octanol–water partition coefficient (Wildman–Crippen LogP) is 1.34. The molecule has 0 aliphatic carbocycles. The third-order valence-electron chi connectivity index (χ3n) is 0.578. The van der Waals surface area contributed by atoms with Gasteiger partial charge in [0.1, 0.15) is 5.94 Å². The first-order valence-corrected chi connectivity index (χ1v) is 2.15. The molecule has 0 amide bonds. The summed E-state index contributed by atoms with van der Waals surface area (Å²) in [7, 11) is 0. The molecule has 0 aliphatic rings. The van der Waals surface area contributed by atoms with Gasteiger partial charge in [0.25, 0.3) is 0 Å². The van der Waals surface area contributed by atoms with Crippen LogP contribution in [0.4, 0.5) is 0 Å². The summed E-state index contributed by atoms with van der Waals surface area (Å²) in [6.45, 7) is 3.58. The molecule has 0 N–H and O–H groups in total. The van der Waals surface area contributed by atoms with Crippen LogP contribution in [0, 0.1) is 0 Å². The van der Waals surface area contributed by atoms with Crippen LogP contribution >= 0.6 is 0 Å². The molecule has 0 atom stereocenters. The fourth-order valence-electron chi connectivity index (χ4n) is 0.284. The third-order valence-corrected chi connectivity index (χ3v) is 0.578. The van der Waals surface area contributed by atoms with Crippen molar-refractivity contribution in [3.63, 3.8) is 0 Å². The Kier molecular flexibility index (Phi) is 2.99. The Bertz CT molecular complexity index is 116. The summed E-state index contributed by atoms with van der Waals surface area (Å²) < 4.78 is 0. The molecule has 0 aromatic heterocycles. The van der Waals surface area contributed by atoms with E-state index in [0.29, 0.717) is 5.57 Å². The molecular weight excluding hydrogens is 88.1 g/mol. The van der Waals surface area contributed by atoms with Gasteiger partial charge in [-0.25, -0.2) is 4.79 Å². The first-order chi connectivity index (χ1) is 3.31. The summed E-state index contributed by atoms with van der Waals surface area (Å²) in [5.74, 6) is 1.75. The summed E-state index contributed by atoms with van der Waals surface area (Å²) in [5, 5.41) is 0. The lowest BCUT2D eigenvalue weighted by atomic mass is 10.3. The molecule has 7 heavy (non-hydrogen) atoms. The zero-order valence-corrected chi connectivity index (χ0v) is 4.56. The van der Waals surface area contributed by atoms with Crippen LogP contribution in [0.25, 0.3) is 0 Å². The van der Waals surface area contributed by atoms with Crippen molar-refractivity contribution >= 4 is 5.94 Å². The quantitative estimate of drug-likeness (QED) is 0.355. The van der Waals surface area contributed by atoms with Crippen LogP contribution in [0.15, 0.2) is 17.7 Å². The Balaban J connectivity index is 3.83. The highest BCUT2D eigenvalue weighted by atomic mass is 16.1. The molecule has 0 heterocycles. The summed E-state index contributed by atoms with van der Waals surface area (Å²) in [4.78, 5) is 9.68. The molecule has 0 aromatic carbocycles. The Morgan fingerprint density at radius 3 is 2.43 bits per heavy atom. The number of rotatable bonds is 1. The van der Waals surface area contributed by atoms with Gasteiger partial charge in [0, 0.05) is 5.57 Å². The largest absolute Gasteiger partial charge is 0.233 e. The van der Waals surface area contributed by atoms with Gasteiger partial charge in [-0.05, 0) is 13.8 Å². The van der Waals surface area contributed by atoms with E-state index in [0.717, 1.165) is 0 Å². The van der Waals surface area contributed by atoms with E-state index in [-0.39, 0.29) is 0 Å². The number of hydrogen-bond acceptors (Lipinski definition) is 1. The summed E-state index contributed by atoms with van der Waals surface area (Å²) in [6.07, 6.45) is 3.52. The van der Waals surface area contributed by atoms with Gasteiger partial charge in [-0.3, -0.25) is 0 Å². The Morgan fingerprint density at radius 2 is 2.29 bits per heavy atom. The van der Waals surface area contributed by atoms with Crippen molar-refractivity contribution in [2.24, 2.45) is 0 Å². The molecular formula is C6H8O. The van der Waals surface area contributed by atoms with E-state index >= 15 is 0 Å². The van der Waals surface area contributed by atoms with Crippen molar-refractivity contribution in [1.82, 2.24) is 0 Å². The van der Waals surface area contributed by atoms with Crippen LogP contribution in [-0.4, -0.2) is 5.94 Å². The van der Waals surface area contributed by atoms with Crippen molar-refractivity contribution in [3.05, 3.63) is 17.7 Å². The van der Waals surface area contributed by atoms with Crippen LogP contribution in [0.1, 0.15) is 13.8 Å². The molecule has 0 radical (unpaired) electrons. The van der Waals surface area contributed by atoms with Crippen LogP contribution < -0.4 is 0 Å². The molecule has 0 aromatic rings. The van der Waals surface area contributed by atoms with Crippen LogP contribution in [0.2, 0.25) is 0 Å². The van der Waals surface area contributed by atoms with Crippen LogP contribution in [0.3, 0.4) is 0 Å². The second kappa shape index (κ2) is 3.38. The Labute approximate surface area is 43.3 Å². The van der Waals surface area contributed by atoms with E-state index in [9.17, 15) is 4.79 Å². The zero-order valence-electron chi connectivity index (χ0n) is 4.56. The van der Waals surface area contributed by atoms with Gasteiger partial charge < -0.3 is 0 Å². The minimum atomic E-state index is 0.641. The summed E-state index contributed by atoms with van der Waals surface area (Å²) >= 11 is 0. The normalized spacial score (nSPS) is 8.86. The lowest BCUT2D eigenvalue weighted by Crippen LogP contribution is -1.63. The molecule has 0 rings (SSSR count). The lowest BCUT2D eigenvalue weighted by Gasteiger charge is -1.72. The van der Waals surface area contributed by atoms with Crippen molar-refractivity contribution in [2.75, 3.05) is 0 Å². The topological polar surface area (TPSA) is 17.1 Å². The minimum absolute atomic E-state index is 0.641. The maximum atomic E-state index is 9.68. The molecule has 0 spiro atoms. The third kappa shape index (κ3) is 3.01. The van der Waals surface area contributed by atoms with E-state index in [1.54, 1.807) is 25.0 Å². The second-order valence-electron chi connectivity index (χ2n) is 1.29. The van der Waals surface area contributed by atoms with Crippen molar-refractivity contribution in [3.8, 4) is 0 Å². The smallest absolute Gasteiger partial charge is 0.127 e. The van der Waals surface area contributed by atoms with Gasteiger partial charge in [-0.2, -0.15) is 0 Å². The Morgan fingerprint density at radius 1 is 1.71 bits per heavy atom. The fraction of sp³-hybridized carbons (Fsp3) is 0.333. The van der Waals surface area contributed by atoms with Gasteiger partial charge in [-0.1, -0.05) is 12.2 Å². The van der Waals surface area contributed by atoms with E-state index in [4.69, 9.17) is 0 Å². The summed E-state index contributed by atoms with van der Waals surface area (Å²) in [5.41, 5.74) is 0.641. The molecule has 0 bridgehead atoms. The second-order valence-corrected chi connectivity index (χ2v) is 1.29. The monoisotopic (exact) mass is 96.1 g/mol. The van der Waals surface area contributed by atoms with Crippen LogP contribution in [0.5, 0.6) is 0 Å². The molecule has 1 heteroatoms. The highest BCUT2D eigenvalue weighted by Crippen LogP contribution is 1.84. The first kappa shape index (κ1) is 6.19. The summed E-state index contributed by atoms with van der Waals surface area (Å²) in [6, 6.07) is 0.